The fraction of sp³-hybridized carbons (Fsp3) is 1.00. The van der Waals surface area contributed by atoms with Crippen LogP contribution in [0.1, 0.15) is 13.8 Å². The van der Waals surface area contributed by atoms with Crippen molar-refractivity contribution in [1.29, 1.82) is 0 Å². The number of hydrogen-bond donors (Lipinski definition) is 2. The van der Waals surface area contributed by atoms with Crippen molar-refractivity contribution in [1.82, 2.24) is 0 Å². The van der Waals surface area contributed by atoms with Crippen molar-refractivity contribution in [2.45, 2.75) is 44.2 Å². The molecule has 2 aliphatic heterocycles. The van der Waals surface area contributed by atoms with Gasteiger partial charge in [-0.25, -0.2) is 0 Å². The Bertz CT molecular complexity index is 205. The molecule has 0 aromatic carbocycles. The molecule has 0 spiro atoms. The molecular formula is C8H14O5. The topological polar surface area (TPSA) is 68.2 Å². The first kappa shape index (κ1) is 9.36. The van der Waals surface area contributed by atoms with Crippen molar-refractivity contribution < 1.29 is 24.4 Å². The first-order valence-electron chi connectivity index (χ1n) is 4.33. The summed E-state index contributed by atoms with van der Waals surface area (Å²) in [5, 5.41) is 18.8. The summed E-state index contributed by atoms with van der Waals surface area (Å²) in [5.41, 5.74) is 0. The van der Waals surface area contributed by atoms with Gasteiger partial charge in [0, 0.05) is 0 Å². The fourth-order valence-electron chi connectivity index (χ4n) is 1.63. The molecule has 0 unspecified atom stereocenters. The Labute approximate surface area is 76.2 Å². The van der Waals surface area contributed by atoms with Gasteiger partial charge >= 0.3 is 0 Å². The highest BCUT2D eigenvalue weighted by molar-refractivity contribution is 4.89. The van der Waals surface area contributed by atoms with Gasteiger partial charge in [-0.1, -0.05) is 0 Å². The molecule has 5 nitrogen and oxygen atoms in total. The van der Waals surface area contributed by atoms with Gasteiger partial charge in [0.25, 0.3) is 0 Å². The molecule has 2 fully saturated rings. The van der Waals surface area contributed by atoms with E-state index in [9.17, 15) is 10.2 Å². The van der Waals surface area contributed by atoms with E-state index in [0.29, 0.717) is 0 Å². The van der Waals surface area contributed by atoms with Crippen LogP contribution in [0.5, 0.6) is 0 Å². The van der Waals surface area contributed by atoms with Gasteiger partial charge in [0.15, 0.2) is 12.1 Å². The highest BCUT2D eigenvalue weighted by Gasteiger charge is 2.50. The summed E-state index contributed by atoms with van der Waals surface area (Å²) in [6.07, 6.45) is -2.97. The summed E-state index contributed by atoms with van der Waals surface area (Å²) < 4.78 is 15.9. The molecule has 0 aromatic heterocycles. The van der Waals surface area contributed by atoms with Crippen LogP contribution >= 0.6 is 0 Å². The second kappa shape index (κ2) is 2.90. The van der Waals surface area contributed by atoms with E-state index in [1.165, 1.54) is 0 Å². The lowest BCUT2D eigenvalue weighted by atomic mass is 10.1. The maximum absolute atomic E-state index is 9.55. The minimum absolute atomic E-state index is 0.0851. The second-order valence-corrected chi connectivity index (χ2v) is 3.86. The summed E-state index contributed by atoms with van der Waals surface area (Å²) in [6.45, 7) is 3.57. The Morgan fingerprint density at radius 1 is 1.23 bits per heavy atom. The van der Waals surface area contributed by atoms with Gasteiger partial charge in [0.2, 0.25) is 0 Å². The minimum Gasteiger partial charge on any atom is -0.388 e. The van der Waals surface area contributed by atoms with E-state index in [1.54, 1.807) is 13.8 Å². The Hall–Kier alpha value is -0.200. The van der Waals surface area contributed by atoms with Crippen molar-refractivity contribution in [2.24, 2.45) is 0 Å². The van der Waals surface area contributed by atoms with Gasteiger partial charge in [-0.2, -0.15) is 0 Å². The number of aliphatic hydroxyl groups is 2. The predicted molar refractivity (Wildman–Crippen MR) is 41.8 cm³/mol. The van der Waals surface area contributed by atoms with Crippen LogP contribution in [0.2, 0.25) is 0 Å². The third-order valence-electron chi connectivity index (χ3n) is 2.25. The molecular weight excluding hydrogens is 176 g/mol. The molecule has 2 aliphatic rings. The highest BCUT2D eigenvalue weighted by atomic mass is 16.8. The fourth-order valence-corrected chi connectivity index (χ4v) is 1.63. The van der Waals surface area contributed by atoms with Gasteiger partial charge in [0.05, 0.1) is 6.61 Å². The lowest BCUT2D eigenvalue weighted by molar-refractivity contribution is -0.217. The predicted octanol–water partition coefficient (Wildman–Crippen LogP) is -0.784. The number of aliphatic hydroxyl groups excluding tert-OH is 2. The molecule has 0 saturated carbocycles. The van der Waals surface area contributed by atoms with Crippen LogP contribution in [0.3, 0.4) is 0 Å². The second-order valence-electron chi connectivity index (χ2n) is 3.86. The SMILES string of the molecule is CC1(C)O[C@H]2OC[C@@H](O)[C@H](O)[C@H]2O1. The van der Waals surface area contributed by atoms with Crippen LogP contribution in [-0.2, 0) is 14.2 Å². The highest BCUT2D eigenvalue weighted by Crippen LogP contribution is 2.33. The first-order chi connectivity index (χ1) is 5.99. The summed E-state index contributed by atoms with van der Waals surface area (Å²) in [5.74, 6) is -0.750. The number of fused-ring (bicyclic) bond motifs is 1. The molecule has 0 bridgehead atoms. The molecule has 2 rings (SSSR count). The van der Waals surface area contributed by atoms with Gasteiger partial charge < -0.3 is 24.4 Å². The standard InChI is InChI=1S/C8H14O5/c1-8(2)12-6-5(10)4(9)3-11-7(6)13-8/h4-7,9-10H,3H2,1-2H3/t4-,5+,6-,7-/m1/s1. The van der Waals surface area contributed by atoms with Gasteiger partial charge in [-0.3, -0.25) is 0 Å². The van der Waals surface area contributed by atoms with Crippen LogP contribution < -0.4 is 0 Å². The normalized spacial score (nSPS) is 48.9. The molecule has 2 N–H and O–H groups in total. The maximum atomic E-state index is 9.55. The lowest BCUT2D eigenvalue weighted by Crippen LogP contribution is -2.51. The van der Waals surface area contributed by atoms with E-state index < -0.39 is 30.4 Å². The van der Waals surface area contributed by atoms with E-state index in [0.717, 1.165) is 0 Å². The van der Waals surface area contributed by atoms with Crippen LogP contribution in [0.4, 0.5) is 0 Å². The largest absolute Gasteiger partial charge is 0.388 e. The molecule has 4 atom stereocenters. The number of hydrogen-bond acceptors (Lipinski definition) is 5. The molecule has 76 valence electrons. The van der Waals surface area contributed by atoms with Gasteiger partial charge in [-0.15, -0.1) is 0 Å². The van der Waals surface area contributed by atoms with E-state index in [1.807, 2.05) is 0 Å². The maximum Gasteiger partial charge on any atom is 0.189 e. The van der Waals surface area contributed by atoms with Crippen LogP contribution in [0, 0.1) is 0 Å². The van der Waals surface area contributed by atoms with Crippen LogP contribution in [-0.4, -0.2) is 47.2 Å². The molecule has 0 aliphatic carbocycles. The average Bonchev–Trinajstić information content (AvgIpc) is 2.34. The van der Waals surface area contributed by atoms with Gasteiger partial charge in [0.1, 0.15) is 18.3 Å². The van der Waals surface area contributed by atoms with Crippen molar-refractivity contribution in [3.8, 4) is 0 Å². The lowest BCUT2D eigenvalue weighted by Gasteiger charge is -2.31. The third kappa shape index (κ3) is 1.58. The Morgan fingerprint density at radius 2 is 1.92 bits per heavy atom. The zero-order chi connectivity index (χ0) is 9.64. The summed E-state index contributed by atoms with van der Waals surface area (Å²) in [4.78, 5) is 0. The zero-order valence-electron chi connectivity index (χ0n) is 7.64. The summed E-state index contributed by atoms with van der Waals surface area (Å²) in [6, 6.07) is 0. The Morgan fingerprint density at radius 3 is 2.62 bits per heavy atom. The Balaban J connectivity index is 2.11. The van der Waals surface area contributed by atoms with Crippen molar-refractivity contribution in [3.63, 3.8) is 0 Å². The zero-order valence-corrected chi connectivity index (χ0v) is 7.64. The summed E-state index contributed by atoms with van der Waals surface area (Å²) in [7, 11) is 0. The number of rotatable bonds is 0. The van der Waals surface area contributed by atoms with Crippen LogP contribution in [0.25, 0.3) is 0 Å². The quantitative estimate of drug-likeness (QED) is 0.524. The van der Waals surface area contributed by atoms with Crippen molar-refractivity contribution in [2.75, 3.05) is 6.61 Å². The van der Waals surface area contributed by atoms with E-state index in [-0.39, 0.29) is 6.61 Å². The monoisotopic (exact) mass is 190 g/mol. The van der Waals surface area contributed by atoms with Crippen molar-refractivity contribution >= 4 is 0 Å². The van der Waals surface area contributed by atoms with E-state index in [2.05, 4.69) is 0 Å². The van der Waals surface area contributed by atoms with Gasteiger partial charge in [-0.05, 0) is 13.8 Å². The molecule has 0 radical (unpaired) electrons. The molecule has 0 aromatic rings. The minimum atomic E-state index is -0.930. The molecule has 0 amide bonds. The first-order valence-corrected chi connectivity index (χ1v) is 4.33. The Kier molecular flexibility index (Phi) is 2.08. The smallest absolute Gasteiger partial charge is 0.189 e. The third-order valence-corrected chi connectivity index (χ3v) is 2.25. The average molecular weight is 190 g/mol. The molecule has 2 saturated heterocycles. The van der Waals surface area contributed by atoms with E-state index in [4.69, 9.17) is 14.2 Å². The number of ether oxygens (including phenoxy) is 3. The molecule has 5 heteroatoms. The van der Waals surface area contributed by atoms with Crippen LogP contribution in [0.15, 0.2) is 0 Å². The summed E-state index contributed by atoms with van der Waals surface area (Å²) >= 11 is 0. The van der Waals surface area contributed by atoms with Crippen molar-refractivity contribution in [3.05, 3.63) is 0 Å². The van der Waals surface area contributed by atoms with E-state index >= 15 is 0 Å². The molecule has 2 heterocycles. The molecule has 13 heavy (non-hydrogen) atoms.